The van der Waals surface area contributed by atoms with Gasteiger partial charge in [0, 0.05) is 9.58 Å². The maximum atomic E-state index is 12.3. The zero-order valence-corrected chi connectivity index (χ0v) is 14.9. The van der Waals surface area contributed by atoms with Crippen LogP contribution in [0.5, 0.6) is 0 Å². The molecule has 0 amide bonds. The highest BCUT2D eigenvalue weighted by Crippen LogP contribution is 2.30. The molecular weight excluding hydrogens is 316 g/mol. The molecule has 1 aromatic heterocycles. The summed E-state index contributed by atoms with van der Waals surface area (Å²) < 4.78 is 6.36. The van der Waals surface area contributed by atoms with E-state index >= 15 is 0 Å². The molecule has 0 fully saturated rings. The molecule has 0 bridgehead atoms. The summed E-state index contributed by atoms with van der Waals surface area (Å²) in [6.45, 7) is 2.18. The number of ether oxygens (including phenoxy) is 1. The normalized spacial score (nSPS) is 12.2. The number of fused-ring (bicyclic) bond motifs is 1. The first-order chi connectivity index (χ1) is 11.7. The van der Waals surface area contributed by atoms with E-state index in [1.54, 1.807) is 0 Å². The van der Waals surface area contributed by atoms with Gasteiger partial charge in [0.05, 0.1) is 13.0 Å². The van der Waals surface area contributed by atoms with Gasteiger partial charge in [0.1, 0.15) is 0 Å². The fourth-order valence-electron chi connectivity index (χ4n) is 3.10. The largest absolute Gasteiger partial charge is 0.469 e. The van der Waals surface area contributed by atoms with Crippen molar-refractivity contribution in [2.45, 2.75) is 26.2 Å². The molecule has 0 saturated carbocycles. The van der Waals surface area contributed by atoms with Gasteiger partial charge in [-0.25, -0.2) is 0 Å². The number of hydrogen-bond donors (Lipinski definition) is 0. The summed E-state index contributed by atoms with van der Waals surface area (Å²) >= 11 is 1.84. The zero-order valence-electron chi connectivity index (χ0n) is 14.1. The van der Waals surface area contributed by atoms with Gasteiger partial charge in [-0.15, -0.1) is 11.3 Å². The second-order valence-electron chi connectivity index (χ2n) is 6.01. The van der Waals surface area contributed by atoms with E-state index in [0.717, 1.165) is 6.42 Å². The Bertz CT molecular complexity index is 820. The Morgan fingerprint density at radius 2 is 1.88 bits per heavy atom. The lowest BCUT2D eigenvalue weighted by Crippen LogP contribution is -2.21. The van der Waals surface area contributed by atoms with E-state index in [-0.39, 0.29) is 11.9 Å². The number of esters is 1. The molecule has 1 heterocycles. The summed E-state index contributed by atoms with van der Waals surface area (Å²) in [4.78, 5) is 13.7. The minimum absolute atomic E-state index is 0.137. The van der Waals surface area contributed by atoms with Crippen LogP contribution in [0.2, 0.25) is 0 Å². The number of hydrogen-bond acceptors (Lipinski definition) is 3. The molecule has 124 valence electrons. The van der Waals surface area contributed by atoms with E-state index in [9.17, 15) is 4.79 Å². The van der Waals surface area contributed by atoms with Crippen LogP contribution in [0.3, 0.4) is 0 Å². The third-order valence-electron chi connectivity index (χ3n) is 4.38. The zero-order chi connectivity index (χ0) is 16.9. The Morgan fingerprint density at radius 1 is 1.08 bits per heavy atom. The molecule has 0 radical (unpaired) electrons. The number of carbonyl (C=O) groups is 1. The van der Waals surface area contributed by atoms with Crippen molar-refractivity contribution in [3.05, 3.63) is 70.6 Å². The van der Waals surface area contributed by atoms with Crippen molar-refractivity contribution >= 4 is 27.4 Å². The minimum Gasteiger partial charge on any atom is -0.469 e. The van der Waals surface area contributed by atoms with E-state index < -0.39 is 0 Å². The van der Waals surface area contributed by atoms with Crippen molar-refractivity contribution in [2.75, 3.05) is 7.11 Å². The molecule has 3 rings (SSSR count). The first-order valence-corrected chi connectivity index (χ1v) is 9.15. The van der Waals surface area contributed by atoms with Crippen molar-refractivity contribution in [1.29, 1.82) is 0 Å². The Morgan fingerprint density at radius 3 is 2.58 bits per heavy atom. The lowest BCUT2D eigenvalue weighted by atomic mass is 9.91. The number of thiophene rings is 1. The molecule has 0 aliphatic carbocycles. The SMILES string of the molecule is CCc1cc2c(CC(Cc3ccccc3)C(=O)OC)cccc2s1. The second kappa shape index (κ2) is 7.63. The number of methoxy groups -OCH3 is 1. The molecule has 0 aliphatic rings. The monoisotopic (exact) mass is 338 g/mol. The van der Waals surface area contributed by atoms with Crippen LogP contribution < -0.4 is 0 Å². The van der Waals surface area contributed by atoms with E-state index in [1.807, 2.05) is 29.5 Å². The van der Waals surface area contributed by atoms with E-state index in [2.05, 4.69) is 43.3 Å². The van der Waals surface area contributed by atoms with Gasteiger partial charge in [-0.3, -0.25) is 4.79 Å². The maximum absolute atomic E-state index is 12.3. The van der Waals surface area contributed by atoms with Gasteiger partial charge < -0.3 is 4.74 Å². The van der Waals surface area contributed by atoms with Crippen LogP contribution in [-0.2, 0) is 28.8 Å². The van der Waals surface area contributed by atoms with Gasteiger partial charge in [-0.1, -0.05) is 49.4 Å². The fraction of sp³-hybridized carbons (Fsp3) is 0.286. The van der Waals surface area contributed by atoms with Crippen LogP contribution in [0.4, 0.5) is 0 Å². The molecule has 0 spiro atoms. The number of aryl methyl sites for hydroxylation is 1. The highest BCUT2D eigenvalue weighted by molar-refractivity contribution is 7.19. The molecular formula is C21H22O2S. The van der Waals surface area contributed by atoms with Crippen molar-refractivity contribution in [3.63, 3.8) is 0 Å². The minimum atomic E-state index is -0.159. The van der Waals surface area contributed by atoms with Crippen molar-refractivity contribution in [1.82, 2.24) is 0 Å². The van der Waals surface area contributed by atoms with Gasteiger partial charge in [-0.2, -0.15) is 0 Å². The van der Waals surface area contributed by atoms with E-state index in [1.165, 1.54) is 33.2 Å². The molecule has 1 atom stereocenters. The van der Waals surface area contributed by atoms with Crippen LogP contribution in [0.25, 0.3) is 10.1 Å². The first kappa shape index (κ1) is 16.7. The lowest BCUT2D eigenvalue weighted by molar-refractivity contribution is -0.145. The standard InChI is InChI=1S/C21H22O2S/c1-3-18-14-19-16(10-7-11-20(19)24-18)13-17(21(22)23-2)12-15-8-5-4-6-9-15/h4-11,14,17H,3,12-13H2,1-2H3. The van der Waals surface area contributed by atoms with Crippen LogP contribution in [0, 0.1) is 5.92 Å². The van der Waals surface area contributed by atoms with E-state index in [4.69, 9.17) is 4.74 Å². The topological polar surface area (TPSA) is 26.3 Å². The predicted octanol–water partition coefficient (Wildman–Crippen LogP) is 5.04. The third kappa shape index (κ3) is 3.68. The number of carbonyl (C=O) groups excluding carboxylic acids is 1. The van der Waals surface area contributed by atoms with E-state index in [0.29, 0.717) is 12.8 Å². The summed E-state index contributed by atoms with van der Waals surface area (Å²) in [5.74, 6) is -0.297. The van der Waals surface area contributed by atoms with Gasteiger partial charge in [0.25, 0.3) is 0 Å². The Hall–Kier alpha value is -2.13. The summed E-state index contributed by atoms with van der Waals surface area (Å²) in [5.41, 5.74) is 2.40. The average molecular weight is 338 g/mol. The van der Waals surface area contributed by atoms with Gasteiger partial charge >= 0.3 is 5.97 Å². The number of rotatable bonds is 6. The lowest BCUT2D eigenvalue weighted by Gasteiger charge is -2.15. The summed E-state index contributed by atoms with van der Waals surface area (Å²) in [6, 6.07) is 18.8. The van der Waals surface area contributed by atoms with Crippen LogP contribution in [-0.4, -0.2) is 13.1 Å². The van der Waals surface area contributed by atoms with Crippen molar-refractivity contribution < 1.29 is 9.53 Å². The first-order valence-electron chi connectivity index (χ1n) is 8.33. The molecule has 2 aromatic carbocycles. The van der Waals surface area contributed by atoms with Crippen LogP contribution >= 0.6 is 11.3 Å². The average Bonchev–Trinajstić information content (AvgIpc) is 3.05. The van der Waals surface area contributed by atoms with Crippen molar-refractivity contribution in [3.8, 4) is 0 Å². The molecule has 1 unspecified atom stereocenters. The molecule has 3 heteroatoms. The molecule has 3 aromatic rings. The Balaban J connectivity index is 1.90. The molecule has 2 nitrogen and oxygen atoms in total. The third-order valence-corrected chi connectivity index (χ3v) is 5.62. The fourth-order valence-corrected chi connectivity index (χ4v) is 4.15. The summed E-state index contributed by atoms with van der Waals surface area (Å²) in [6.07, 6.45) is 2.46. The van der Waals surface area contributed by atoms with Gasteiger partial charge in [0.2, 0.25) is 0 Å². The van der Waals surface area contributed by atoms with Gasteiger partial charge in [-0.05, 0) is 47.9 Å². The maximum Gasteiger partial charge on any atom is 0.309 e. The summed E-state index contributed by atoms with van der Waals surface area (Å²) in [7, 11) is 1.47. The smallest absolute Gasteiger partial charge is 0.309 e. The van der Waals surface area contributed by atoms with Gasteiger partial charge in [0.15, 0.2) is 0 Å². The Labute approximate surface area is 147 Å². The quantitative estimate of drug-likeness (QED) is 0.589. The van der Waals surface area contributed by atoms with Crippen LogP contribution in [0.1, 0.15) is 22.9 Å². The molecule has 0 saturated heterocycles. The molecule has 0 aliphatic heterocycles. The molecule has 24 heavy (non-hydrogen) atoms. The highest BCUT2D eigenvalue weighted by atomic mass is 32.1. The molecule has 0 N–H and O–H groups in total. The highest BCUT2D eigenvalue weighted by Gasteiger charge is 2.21. The van der Waals surface area contributed by atoms with Crippen LogP contribution in [0.15, 0.2) is 54.6 Å². The summed E-state index contributed by atoms with van der Waals surface area (Å²) in [5, 5.41) is 1.28. The second-order valence-corrected chi connectivity index (χ2v) is 7.18. The number of benzene rings is 2. The predicted molar refractivity (Wildman–Crippen MR) is 101 cm³/mol. The van der Waals surface area contributed by atoms with Crippen molar-refractivity contribution in [2.24, 2.45) is 5.92 Å². The Kier molecular flexibility index (Phi) is 5.31.